The Kier molecular flexibility index (Phi) is 3.92. The number of hydrogen-bond acceptors (Lipinski definition) is 1. The van der Waals surface area contributed by atoms with Gasteiger partial charge in [-0.1, -0.05) is 31.9 Å². The minimum Gasteiger partial charge on any atom is -0.299 e. The van der Waals surface area contributed by atoms with Gasteiger partial charge in [-0.2, -0.15) is 0 Å². The molecule has 0 saturated carbocycles. The van der Waals surface area contributed by atoms with Gasteiger partial charge in [-0.3, -0.25) is 4.90 Å². The van der Waals surface area contributed by atoms with Gasteiger partial charge in [-0.15, -0.1) is 0 Å². The summed E-state index contributed by atoms with van der Waals surface area (Å²) in [6, 6.07) is 0. The first-order chi connectivity index (χ1) is 6.68. The number of nitrogens with zero attached hydrogens (tertiary/aromatic N) is 1. The molecule has 2 heteroatoms. The molecule has 0 aliphatic carbocycles. The Hall–Kier alpha value is 0.0249. The highest BCUT2D eigenvalue weighted by Gasteiger charge is 2.29. The van der Waals surface area contributed by atoms with E-state index in [0.717, 1.165) is 5.82 Å². The number of rotatable bonds is 1. The second-order valence-corrected chi connectivity index (χ2v) is 7.37. The quantitative estimate of drug-likeness (QED) is 0.599. The smallest absolute Gasteiger partial charge is 0.130 e. The minimum absolute atomic E-state index is 0.368. The van der Waals surface area contributed by atoms with Gasteiger partial charge in [0.2, 0.25) is 0 Å². The molecule has 1 rings (SSSR count). The minimum atomic E-state index is 0.368. The first-order valence-electron chi connectivity index (χ1n) is 6.43. The second kappa shape index (κ2) is 4.49. The summed E-state index contributed by atoms with van der Waals surface area (Å²) in [6.07, 6.45) is 2.79. The molecule has 88 valence electrons. The molecule has 1 aliphatic heterocycles. The van der Waals surface area contributed by atoms with Crippen molar-refractivity contribution in [3.63, 3.8) is 0 Å². The highest BCUT2D eigenvalue weighted by atomic mass is 15.2. The Morgan fingerprint density at radius 1 is 0.933 bits per heavy atom. The van der Waals surface area contributed by atoms with Crippen LogP contribution in [-0.4, -0.2) is 30.8 Å². The van der Waals surface area contributed by atoms with Crippen molar-refractivity contribution in [2.45, 2.75) is 71.1 Å². The zero-order valence-corrected chi connectivity index (χ0v) is 11.6. The molecule has 15 heavy (non-hydrogen) atoms. The van der Waals surface area contributed by atoms with Crippen LogP contribution >= 0.6 is 0 Å². The van der Waals surface area contributed by atoms with E-state index >= 15 is 0 Å². The first kappa shape index (κ1) is 13.1. The molecule has 0 N–H and O–H groups in total. The fourth-order valence-corrected chi connectivity index (χ4v) is 2.67. The molecule has 1 fully saturated rings. The van der Waals surface area contributed by atoms with Crippen LogP contribution in [0.25, 0.3) is 0 Å². The SMILES string of the molecule is CC(C)(C)BC1CCN(C(C)(C)C)CC1. The fraction of sp³-hybridized carbons (Fsp3) is 1.00. The summed E-state index contributed by atoms with van der Waals surface area (Å²) in [5.74, 6) is 0.962. The monoisotopic (exact) mass is 209 g/mol. The molecule has 1 saturated heterocycles. The van der Waals surface area contributed by atoms with E-state index < -0.39 is 0 Å². The van der Waals surface area contributed by atoms with Crippen LogP contribution in [-0.2, 0) is 0 Å². The number of hydrogen-bond donors (Lipinski definition) is 0. The van der Waals surface area contributed by atoms with Crippen LogP contribution in [0, 0.1) is 0 Å². The maximum Gasteiger partial charge on any atom is 0.130 e. The summed E-state index contributed by atoms with van der Waals surface area (Å²) in [7, 11) is 1.39. The number of likely N-dealkylation sites (tertiary alicyclic amines) is 1. The van der Waals surface area contributed by atoms with Gasteiger partial charge in [-0.05, 0) is 46.7 Å². The summed E-state index contributed by atoms with van der Waals surface area (Å²) in [5, 5.41) is 0.509. The molecule has 0 unspecified atom stereocenters. The van der Waals surface area contributed by atoms with Crippen molar-refractivity contribution in [1.82, 2.24) is 4.90 Å². The predicted octanol–water partition coefficient (Wildman–Crippen LogP) is 3.32. The maximum atomic E-state index is 2.63. The van der Waals surface area contributed by atoms with Crippen molar-refractivity contribution in [2.24, 2.45) is 0 Å². The Morgan fingerprint density at radius 3 is 1.73 bits per heavy atom. The lowest BCUT2D eigenvalue weighted by Crippen LogP contribution is -2.46. The summed E-state index contributed by atoms with van der Waals surface area (Å²) in [6.45, 7) is 16.7. The largest absolute Gasteiger partial charge is 0.299 e. The van der Waals surface area contributed by atoms with Crippen molar-refractivity contribution in [3.05, 3.63) is 0 Å². The summed E-state index contributed by atoms with van der Waals surface area (Å²) in [5.41, 5.74) is 0.368. The van der Waals surface area contributed by atoms with Crippen molar-refractivity contribution < 1.29 is 0 Å². The van der Waals surface area contributed by atoms with Crippen molar-refractivity contribution in [1.29, 1.82) is 0 Å². The molecule has 0 radical (unpaired) electrons. The van der Waals surface area contributed by atoms with E-state index in [1.807, 2.05) is 0 Å². The lowest BCUT2D eigenvalue weighted by Gasteiger charge is -2.41. The number of piperidine rings is 1. The molecule has 0 spiro atoms. The van der Waals surface area contributed by atoms with Crippen LogP contribution in [0.2, 0.25) is 11.1 Å². The lowest BCUT2D eigenvalue weighted by molar-refractivity contribution is 0.110. The van der Waals surface area contributed by atoms with Crippen LogP contribution in [0.1, 0.15) is 54.4 Å². The second-order valence-electron chi connectivity index (χ2n) is 7.37. The van der Waals surface area contributed by atoms with E-state index in [-0.39, 0.29) is 0 Å². The molecule has 1 nitrogen and oxygen atoms in total. The maximum absolute atomic E-state index is 2.63. The fourth-order valence-electron chi connectivity index (χ4n) is 2.67. The highest BCUT2D eigenvalue weighted by molar-refractivity contribution is 6.41. The summed E-state index contributed by atoms with van der Waals surface area (Å²) in [4.78, 5) is 2.63. The Bertz CT molecular complexity index is 192. The molecule has 1 aliphatic rings. The van der Waals surface area contributed by atoms with E-state index in [4.69, 9.17) is 0 Å². The van der Waals surface area contributed by atoms with Gasteiger partial charge in [0.15, 0.2) is 0 Å². The van der Waals surface area contributed by atoms with E-state index in [2.05, 4.69) is 46.4 Å². The standard InChI is InChI=1S/C13H28BN/c1-12(2,3)14-11-7-9-15(10-8-11)13(4,5)6/h11,14H,7-10H2,1-6H3. The third-order valence-corrected chi connectivity index (χ3v) is 3.46. The Labute approximate surface area is 96.9 Å². The molecule has 0 aromatic rings. The van der Waals surface area contributed by atoms with Gasteiger partial charge in [0.25, 0.3) is 0 Å². The summed E-state index contributed by atoms with van der Waals surface area (Å²) >= 11 is 0. The van der Waals surface area contributed by atoms with Gasteiger partial charge in [0.05, 0.1) is 0 Å². The molecule has 0 amide bonds. The van der Waals surface area contributed by atoms with E-state index in [1.165, 1.54) is 33.2 Å². The van der Waals surface area contributed by atoms with Crippen LogP contribution in [0.4, 0.5) is 0 Å². The molecular weight excluding hydrogens is 181 g/mol. The lowest BCUT2D eigenvalue weighted by atomic mass is 9.46. The van der Waals surface area contributed by atoms with Gasteiger partial charge in [0, 0.05) is 5.54 Å². The van der Waals surface area contributed by atoms with Crippen LogP contribution in [0.5, 0.6) is 0 Å². The van der Waals surface area contributed by atoms with Crippen molar-refractivity contribution >= 4 is 7.28 Å². The average molecular weight is 209 g/mol. The van der Waals surface area contributed by atoms with Crippen LogP contribution in [0.3, 0.4) is 0 Å². The van der Waals surface area contributed by atoms with Crippen LogP contribution < -0.4 is 0 Å². The molecule has 0 atom stereocenters. The Balaban J connectivity index is 2.37. The third-order valence-electron chi connectivity index (χ3n) is 3.46. The van der Waals surface area contributed by atoms with E-state index in [0.29, 0.717) is 10.9 Å². The summed E-state index contributed by atoms with van der Waals surface area (Å²) < 4.78 is 0. The Morgan fingerprint density at radius 2 is 1.40 bits per heavy atom. The van der Waals surface area contributed by atoms with E-state index in [9.17, 15) is 0 Å². The van der Waals surface area contributed by atoms with E-state index in [1.54, 1.807) is 0 Å². The zero-order valence-electron chi connectivity index (χ0n) is 11.6. The predicted molar refractivity (Wildman–Crippen MR) is 71.2 cm³/mol. The molecule has 1 heterocycles. The highest BCUT2D eigenvalue weighted by Crippen LogP contribution is 2.33. The third kappa shape index (κ3) is 4.59. The average Bonchev–Trinajstić information content (AvgIpc) is 2.00. The van der Waals surface area contributed by atoms with Gasteiger partial charge < -0.3 is 0 Å². The van der Waals surface area contributed by atoms with Crippen molar-refractivity contribution in [2.75, 3.05) is 13.1 Å². The first-order valence-corrected chi connectivity index (χ1v) is 6.43. The van der Waals surface area contributed by atoms with Gasteiger partial charge >= 0.3 is 0 Å². The molecule has 0 bridgehead atoms. The van der Waals surface area contributed by atoms with Gasteiger partial charge in [0.1, 0.15) is 7.28 Å². The van der Waals surface area contributed by atoms with Crippen LogP contribution in [0.15, 0.2) is 0 Å². The zero-order chi connectivity index (χ0) is 11.7. The molecule has 0 aromatic carbocycles. The van der Waals surface area contributed by atoms with Crippen molar-refractivity contribution in [3.8, 4) is 0 Å². The molecule has 0 aromatic heterocycles. The molecular formula is C13H28BN. The normalized spacial score (nSPS) is 21.7. The van der Waals surface area contributed by atoms with Gasteiger partial charge in [-0.25, -0.2) is 0 Å². The topological polar surface area (TPSA) is 3.24 Å².